The third kappa shape index (κ3) is 2.64. The van der Waals surface area contributed by atoms with E-state index in [0.717, 1.165) is 25.9 Å². The topological polar surface area (TPSA) is 59.2 Å². The Kier molecular flexibility index (Phi) is 3.74. The molecule has 17 heavy (non-hydrogen) atoms. The minimum atomic E-state index is 0.0726. The molecule has 4 nitrogen and oxygen atoms in total. The smallest absolute Gasteiger partial charge is 0.255 e. The molecule has 0 bridgehead atoms. The molecule has 1 amide bonds. The first-order chi connectivity index (χ1) is 8.22. The Morgan fingerprint density at radius 1 is 1.65 bits per heavy atom. The highest BCUT2D eigenvalue weighted by Crippen LogP contribution is 2.20. The Bertz CT molecular complexity index is 380. The molecule has 1 aromatic rings. The van der Waals surface area contributed by atoms with E-state index in [1.807, 2.05) is 11.0 Å². The van der Waals surface area contributed by atoms with E-state index in [-0.39, 0.29) is 11.9 Å². The van der Waals surface area contributed by atoms with Crippen LogP contribution in [0, 0.1) is 5.92 Å². The van der Waals surface area contributed by atoms with Gasteiger partial charge in [-0.3, -0.25) is 9.78 Å². The van der Waals surface area contributed by atoms with Crippen LogP contribution in [0.15, 0.2) is 24.5 Å². The van der Waals surface area contributed by atoms with Crippen molar-refractivity contribution < 1.29 is 4.79 Å². The lowest BCUT2D eigenvalue weighted by Crippen LogP contribution is -2.49. The molecule has 1 aliphatic heterocycles. The maximum Gasteiger partial charge on any atom is 0.255 e. The summed E-state index contributed by atoms with van der Waals surface area (Å²) in [6.45, 7) is 3.65. The number of piperidine rings is 1. The molecule has 2 N–H and O–H groups in total. The first-order valence-electron chi connectivity index (χ1n) is 6.17. The van der Waals surface area contributed by atoms with Crippen LogP contribution in [0.1, 0.15) is 30.1 Å². The average molecular weight is 233 g/mol. The Morgan fingerprint density at radius 2 is 2.47 bits per heavy atom. The van der Waals surface area contributed by atoms with Crippen molar-refractivity contribution >= 4 is 5.91 Å². The largest absolute Gasteiger partial charge is 0.338 e. The Hall–Kier alpha value is -1.42. The van der Waals surface area contributed by atoms with Gasteiger partial charge in [0, 0.05) is 31.5 Å². The fourth-order valence-electron chi connectivity index (χ4n) is 2.34. The summed E-state index contributed by atoms with van der Waals surface area (Å²) in [6.07, 6.45) is 5.22. The summed E-state index contributed by atoms with van der Waals surface area (Å²) in [7, 11) is 0. The fraction of sp³-hybridized carbons (Fsp3) is 0.538. The molecule has 0 aromatic carbocycles. The quantitative estimate of drug-likeness (QED) is 0.837. The first kappa shape index (κ1) is 12.0. The van der Waals surface area contributed by atoms with Gasteiger partial charge in [0.1, 0.15) is 0 Å². The van der Waals surface area contributed by atoms with Crippen LogP contribution in [-0.2, 0) is 0 Å². The van der Waals surface area contributed by atoms with Crippen LogP contribution in [0.5, 0.6) is 0 Å². The summed E-state index contributed by atoms with van der Waals surface area (Å²) in [5, 5.41) is 0. The lowest BCUT2D eigenvalue weighted by molar-refractivity contribution is 0.0649. The van der Waals surface area contributed by atoms with Crippen molar-refractivity contribution in [2.75, 3.05) is 13.1 Å². The number of likely N-dealkylation sites (tertiary alicyclic amines) is 1. The maximum atomic E-state index is 12.2. The molecule has 0 saturated carbocycles. The van der Waals surface area contributed by atoms with Gasteiger partial charge in [0.25, 0.3) is 5.91 Å². The first-order valence-corrected chi connectivity index (χ1v) is 6.17. The lowest BCUT2D eigenvalue weighted by atomic mass is 9.90. The molecular weight excluding hydrogens is 214 g/mol. The standard InChI is InChI=1S/C13H19N3O/c1-2-10-9-16(7-5-12(10)14)13(17)11-4-3-6-15-8-11/h3-4,6,8,10,12H,2,5,7,9,14H2,1H3. The normalized spacial score (nSPS) is 24.7. The number of hydrogen-bond acceptors (Lipinski definition) is 3. The highest BCUT2D eigenvalue weighted by molar-refractivity contribution is 5.93. The number of nitrogens with zero attached hydrogens (tertiary/aromatic N) is 2. The summed E-state index contributed by atoms with van der Waals surface area (Å²) >= 11 is 0. The molecule has 92 valence electrons. The fourth-order valence-corrected chi connectivity index (χ4v) is 2.34. The van der Waals surface area contributed by atoms with Crippen molar-refractivity contribution in [3.63, 3.8) is 0 Å². The molecular formula is C13H19N3O. The number of rotatable bonds is 2. The van der Waals surface area contributed by atoms with Crippen LogP contribution in [-0.4, -0.2) is 34.9 Å². The average Bonchev–Trinajstić information content (AvgIpc) is 2.39. The van der Waals surface area contributed by atoms with Crippen molar-refractivity contribution in [3.05, 3.63) is 30.1 Å². The zero-order valence-electron chi connectivity index (χ0n) is 10.2. The van der Waals surface area contributed by atoms with Crippen molar-refractivity contribution in [2.24, 2.45) is 11.7 Å². The number of amides is 1. The zero-order valence-corrected chi connectivity index (χ0v) is 10.2. The van der Waals surface area contributed by atoms with E-state index in [4.69, 9.17) is 5.73 Å². The van der Waals surface area contributed by atoms with E-state index in [9.17, 15) is 4.79 Å². The zero-order chi connectivity index (χ0) is 12.3. The van der Waals surface area contributed by atoms with Crippen molar-refractivity contribution in [3.8, 4) is 0 Å². The van der Waals surface area contributed by atoms with Crippen molar-refractivity contribution in [1.29, 1.82) is 0 Å². The van der Waals surface area contributed by atoms with Crippen LogP contribution >= 0.6 is 0 Å². The second-order valence-electron chi connectivity index (χ2n) is 4.61. The van der Waals surface area contributed by atoms with Gasteiger partial charge in [-0.15, -0.1) is 0 Å². The summed E-state index contributed by atoms with van der Waals surface area (Å²) in [5.41, 5.74) is 6.70. The van der Waals surface area contributed by atoms with E-state index in [0.29, 0.717) is 11.5 Å². The Labute approximate surface area is 102 Å². The Balaban J connectivity index is 2.06. The second-order valence-corrected chi connectivity index (χ2v) is 4.61. The van der Waals surface area contributed by atoms with E-state index in [1.165, 1.54) is 0 Å². The van der Waals surface area contributed by atoms with Gasteiger partial charge in [-0.05, 0) is 24.5 Å². The SMILES string of the molecule is CCC1CN(C(=O)c2cccnc2)CCC1N. The van der Waals surface area contributed by atoms with Crippen LogP contribution < -0.4 is 5.73 Å². The molecule has 4 heteroatoms. The predicted octanol–water partition coefficient (Wildman–Crippen LogP) is 1.28. The van der Waals surface area contributed by atoms with Crippen LogP contribution in [0.4, 0.5) is 0 Å². The predicted molar refractivity (Wildman–Crippen MR) is 66.5 cm³/mol. The molecule has 0 spiro atoms. The number of carbonyl (C=O) groups excluding carboxylic acids is 1. The molecule has 2 rings (SSSR count). The molecule has 2 heterocycles. The van der Waals surface area contributed by atoms with Gasteiger partial charge in [-0.1, -0.05) is 13.3 Å². The van der Waals surface area contributed by atoms with Gasteiger partial charge in [-0.2, -0.15) is 0 Å². The third-order valence-corrected chi connectivity index (χ3v) is 3.51. The minimum absolute atomic E-state index is 0.0726. The van der Waals surface area contributed by atoms with E-state index < -0.39 is 0 Å². The van der Waals surface area contributed by atoms with Gasteiger partial charge in [-0.25, -0.2) is 0 Å². The van der Waals surface area contributed by atoms with E-state index in [1.54, 1.807) is 18.5 Å². The molecule has 1 aliphatic rings. The van der Waals surface area contributed by atoms with Gasteiger partial charge in [0.2, 0.25) is 0 Å². The number of hydrogen-bond donors (Lipinski definition) is 1. The van der Waals surface area contributed by atoms with Crippen LogP contribution in [0.25, 0.3) is 0 Å². The lowest BCUT2D eigenvalue weighted by Gasteiger charge is -2.36. The molecule has 2 atom stereocenters. The number of pyridine rings is 1. The van der Waals surface area contributed by atoms with Crippen molar-refractivity contribution in [2.45, 2.75) is 25.8 Å². The van der Waals surface area contributed by atoms with Crippen LogP contribution in [0.3, 0.4) is 0 Å². The summed E-state index contributed by atoms with van der Waals surface area (Å²) in [6, 6.07) is 3.84. The maximum absolute atomic E-state index is 12.2. The second kappa shape index (κ2) is 5.27. The molecule has 1 saturated heterocycles. The monoisotopic (exact) mass is 233 g/mol. The van der Waals surface area contributed by atoms with Gasteiger partial charge >= 0.3 is 0 Å². The number of carbonyl (C=O) groups is 1. The van der Waals surface area contributed by atoms with Gasteiger partial charge in [0.05, 0.1) is 5.56 Å². The number of aromatic nitrogens is 1. The summed E-state index contributed by atoms with van der Waals surface area (Å²) in [4.78, 5) is 18.1. The Morgan fingerprint density at radius 3 is 3.12 bits per heavy atom. The summed E-state index contributed by atoms with van der Waals surface area (Å²) in [5.74, 6) is 0.493. The minimum Gasteiger partial charge on any atom is -0.338 e. The summed E-state index contributed by atoms with van der Waals surface area (Å²) < 4.78 is 0. The number of nitrogens with two attached hydrogens (primary N) is 1. The van der Waals surface area contributed by atoms with E-state index >= 15 is 0 Å². The molecule has 0 aliphatic carbocycles. The van der Waals surface area contributed by atoms with E-state index in [2.05, 4.69) is 11.9 Å². The third-order valence-electron chi connectivity index (χ3n) is 3.51. The van der Waals surface area contributed by atoms with Gasteiger partial charge < -0.3 is 10.6 Å². The highest BCUT2D eigenvalue weighted by Gasteiger charge is 2.28. The molecule has 1 fully saturated rings. The van der Waals surface area contributed by atoms with Crippen molar-refractivity contribution in [1.82, 2.24) is 9.88 Å². The molecule has 1 aromatic heterocycles. The van der Waals surface area contributed by atoms with Crippen LogP contribution in [0.2, 0.25) is 0 Å². The molecule has 0 radical (unpaired) electrons. The van der Waals surface area contributed by atoms with Gasteiger partial charge in [0.15, 0.2) is 0 Å². The molecule has 2 unspecified atom stereocenters. The highest BCUT2D eigenvalue weighted by atomic mass is 16.2.